The van der Waals surface area contributed by atoms with Gasteiger partial charge in [-0.15, -0.1) is 0 Å². The number of nitrogens with one attached hydrogen (secondary N) is 2. The van der Waals surface area contributed by atoms with Crippen LogP contribution >= 0.6 is 0 Å². The molecule has 1 aliphatic rings. The molecule has 33 heavy (non-hydrogen) atoms. The minimum atomic E-state index is -0.162. The molecule has 10 heteroatoms. The first-order chi connectivity index (χ1) is 16.0. The van der Waals surface area contributed by atoms with Gasteiger partial charge < -0.3 is 15.4 Å². The number of carbonyl (C=O) groups excluding carboxylic acids is 1. The molecule has 0 unspecified atom stereocenters. The summed E-state index contributed by atoms with van der Waals surface area (Å²) in [5.74, 6) is 0.560. The van der Waals surface area contributed by atoms with Crippen LogP contribution in [0.4, 0.5) is 5.82 Å². The van der Waals surface area contributed by atoms with Crippen molar-refractivity contribution < 1.29 is 9.53 Å². The highest BCUT2D eigenvalue weighted by Gasteiger charge is 2.21. The van der Waals surface area contributed by atoms with Gasteiger partial charge in [0, 0.05) is 55.6 Å². The van der Waals surface area contributed by atoms with E-state index in [4.69, 9.17) is 9.72 Å². The Morgan fingerprint density at radius 2 is 2.12 bits per heavy atom. The topological polar surface area (TPSA) is 111 Å². The van der Waals surface area contributed by atoms with Crippen molar-refractivity contribution >= 4 is 17.4 Å². The van der Waals surface area contributed by atoms with E-state index in [9.17, 15) is 4.79 Å². The quantitative estimate of drug-likeness (QED) is 0.468. The molecule has 2 N–H and O–H groups in total. The maximum absolute atomic E-state index is 12.5. The Kier molecular flexibility index (Phi) is 5.51. The molecule has 0 aliphatic carbocycles. The molecule has 0 radical (unpaired) electrons. The minimum absolute atomic E-state index is 0.0398. The zero-order valence-electron chi connectivity index (χ0n) is 18.8. The molecule has 5 heterocycles. The second-order valence-corrected chi connectivity index (χ2v) is 8.50. The van der Waals surface area contributed by atoms with Crippen LogP contribution in [0.3, 0.4) is 0 Å². The molecular formula is C23H26N8O2. The molecule has 4 aromatic heterocycles. The lowest BCUT2D eigenvalue weighted by molar-refractivity contribution is 0.0943. The van der Waals surface area contributed by atoms with E-state index >= 15 is 0 Å². The lowest BCUT2D eigenvalue weighted by atomic mass is 10.1. The van der Waals surface area contributed by atoms with Gasteiger partial charge in [0.1, 0.15) is 5.82 Å². The molecule has 1 saturated heterocycles. The molecule has 5 rings (SSSR count). The Labute approximate surface area is 191 Å². The molecule has 170 valence electrons. The van der Waals surface area contributed by atoms with Crippen molar-refractivity contribution in [2.75, 3.05) is 18.5 Å². The molecule has 10 nitrogen and oxygen atoms in total. The molecule has 0 spiro atoms. The van der Waals surface area contributed by atoms with Gasteiger partial charge >= 0.3 is 0 Å². The van der Waals surface area contributed by atoms with E-state index in [1.165, 1.54) is 0 Å². The van der Waals surface area contributed by atoms with Crippen molar-refractivity contribution in [2.45, 2.75) is 32.4 Å². The van der Waals surface area contributed by atoms with Crippen LogP contribution in [0.2, 0.25) is 0 Å². The van der Waals surface area contributed by atoms with Gasteiger partial charge in [0.15, 0.2) is 5.65 Å². The highest BCUT2D eigenvalue weighted by atomic mass is 16.5. The Morgan fingerprint density at radius 3 is 2.85 bits per heavy atom. The van der Waals surface area contributed by atoms with E-state index in [0.29, 0.717) is 17.8 Å². The maximum atomic E-state index is 12.5. The third-order valence-corrected chi connectivity index (χ3v) is 5.48. The predicted molar refractivity (Wildman–Crippen MR) is 124 cm³/mol. The first-order valence-corrected chi connectivity index (χ1v) is 11.0. The fourth-order valence-corrected chi connectivity index (χ4v) is 3.87. The second kappa shape index (κ2) is 8.62. The van der Waals surface area contributed by atoms with Gasteiger partial charge in [-0.1, -0.05) is 0 Å². The SMILES string of the molecule is CC(C)NC(=O)c1cncc(-c2cnn3cc(-c4ccn(C)n4)c(N[C@H]4CCOC4)nc23)c1. The summed E-state index contributed by atoms with van der Waals surface area (Å²) >= 11 is 0. The van der Waals surface area contributed by atoms with Gasteiger partial charge in [0.2, 0.25) is 0 Å². The predicted octanol–water partition coefficient (Wildman–Crippen LogP) is 2.53. The largest absolute Gasteiger partial charge is 0.379 e. The van der Waals surface area contributed by atoms with E-state index < -0.39 is 0 Å². The van der Waals surface area contributed by atoms with Gasteiger partial charge in [-0.3, -0.25) is 14.5 Å². The number of hydrogen-bond acceptors (Lipinski definition) is 7. The van der Waals surface area contributed by atoms with E-state index in [1.54, 1.807) is 27.8 Å². The summed E-state index contributed by atoms with van der Waals surface area (Å²) in [6.07, 6.45) is 9.76. The van der Waals surface area contributed by atoms with Crippen molar-refractivity contribution in [3.63, 3.8) is 0 Å². The monoisotopic (exact) mass is 446 g/mol. The van der Waals surface area contributed by atoms with Crippen molar-refractivity contribution in [3.8, 4) is 22.4 Å². The smallest absolute Gasteiger partial charge is 0.253 e. The number of carbonyl (C=O) groups is 1. The van der Waals surface area contributed by atoms with Crippen LogP contribution < -0.4 is 10.6 Å². The summed E-state index contributed by atoms with van der Waals surface area (Å²) in [6, 6.07) is 3.98. The van der Waals surface area contributed by atoms with E-state index in [-0.39, 0.29) is 18.0 Å². The van der Waals surface area contributed by atoms with Gasteiger partial charge in [0.05, 0.1) is 35.7 Å². The minimum Gasteiger partial charge on any atom is -0.379 e. The number of fused-ring (bicyclic) bond motifs is 1. The van der Waals surface area contributed by atoms with Crippen molar-refractivity contribution in [1.29, 1.82) is 0 Å². The van der Waals surface area contributed by atoms with Gasteiger partial charge in [-0.05, 0) is 32.4 Å². The molecule has 1 atom stereocenters. The molecule has 0 saturated carbocycles. The Morgan fingerprint density at radius 1 is 1.24 bits per heavy atom. The summed E-state index contributed by atoms with van der Waals surface area (Å²) in [4.78, 5) is 21.7. The number of anilines is 1. The number of ether oxygens (including phenoxy) is 1. The molecule has 1 fully saturated rings. The number of amides is 1. The standard InChI is InChI=1S/C23H26N8O2/c1-14(2)26-23(32)16-8-15(9-24-10-16)18-11-25-31-12-19(20-4-6-30(3)29-20)21(28-22(18)31)27-17-5-7-33-13-17/h4,6,8-12,14,17H,5,7,13H2,1-3H3,(H,26,32)(H,27,28)/t17-/m0/s1. The number of pyridine rings is 1. The first kappa shape index (κ1) is 21.1. The number of aromatic nitrogens is 6. The number of aryl methyl sites for hydroxylation is 1. The average molecular weight is 447 g/mol. The molecule has 0 bridgehead atoms. The summed E-state index contributed by atoms with van der Waals surface area (Å²) in [5, 5.41) is 15.5. The average Bonchev–Trinajstić information content (AvgIpc) is 3.54. The van der Waals surface area contributed by atoms with Crippen molar-refractivity contribution in [2.24, 2.45) is 7.05 Å². The Hall–Kier alpha value is -3.79. The fourth-order valence-electron chi connectivity index (χ4n) is 3.87. The van der Waals surface area contributed by atoms with Gasteiger partial charge in [-0.25, -0.2) is 9.50 Å². The lowest BCUT2D eigenvalue weighted by Gasteiger charge is -2.15. The third-order valence-electron chi connectivity index (χ3n) is 5.48. The van der Waals surface area contributed by atoms with E-state index in [2.05, 4.69) is 25.8 Å². The maximum Gasteiger partial charge on any atom is 0.253 e. The third kappa shape index (κ3) is 4.29. The zero-order chi connectivity index (χ0) is 22.9. The number of rotatable bonds is 6. The molecule has 1 aliphatic heterocycles. The van der Waals surface area contributed by atoms with Crippen LogP contribution in [0.25, 0.3) is 28.0 Å². The first-order valence-electron chi connectivity index (χ1n) is 11.0. The van der Waals surface area contributed by atoms with Crippen LogP contribution in [0.1, 0.15) is 30.6 Å². The lowest BCUT2D eigenvalue weighted by Crippen LogP contribution is -2.30. The highest BCUT2D eigenvalue weighted by molar-refractivity contribution is 5.95. The van der Waals surface area contributed by atoms with Crippen molar-refractivity contribution in [3.05, 3.63) is 48.7 Å². The van der Waals surface area contributed by atoms with Gasteiger partial charge in [-0.2, -0.15) is 10.2 Å². The fraction of sp³-hybridized carbons (Fsp3) is 0.348. The normalized spacial score (nSPS) is 15.9. The van der Waals surface area contributed by atoms with Crippen LogP contribution in [-0.2, 0) is 11.8 Å². The van der Waals surface area contributed by atoms with Crippen LogP contribution in [0, 0.1) is 0 Å². The van der Waals surface area contributed by atoms with Crippen LogP contribution in [0.5, 0.6) is 0 Å². The Balaban J connectivity index is 1.58. The number of nitrogens with zero attached hydrogens (tertiary/aromatic N) is 6. The summed E-state index contributed by atoms with van der Waals surface area (Å²) in [5.41, 5.74) is 4.38. The second-order valence-electron chi connectivity index (χ2n) is 8.50. The van der Waals surface area contributed by atoms with E-state index in [0.717, 1.165) is 41.2 Å². The summed E-state index contributed by atoms with van der Waals surface area (Å²) in [6.45, 7) is 5.21. The van der Waals surface area contributed by atoms with E-state index in [1.807, 2.05) is 45.4 Å². The van der Waals surface area contributed by atoms with Gasteiger partial charge in [0.25, 0.3) is 5.91 Å². The molecule has 1 amide bonds. The zero-order valence-corrected chi connectivity index (χ0v) is 18.8. The van der Waals surface area contributed by atoms with Crippen molar-refractivity contribution in [1.82, 2.24) is 34.7 Å². The molecule has 0 aromatic carbocycles. The van der Waals surface area contributed by atoms with Crippen LogP contribution in [-0.4, -0.2) is 60.6 Å². The highest BCUT2D eigenvalue weighted by Crippen LogP contribution is 2.31. The number of hydrogen-bond donors (Lipinski definition) is 2. The Bertz CT molecular complexity index is 1300. The molecule has 4 aromatic rings. The summed E-state index contributed by atoms with van der Waals surface area (Å²) in [7, 11) is 1.88. The molecular weight excluding hydrogens is 420 g/mol. The summed E-state index contributed by atoms with van der Waals surface area (Å²) < 4.78 is 9.03. The van der Waals surface area contributed by atoms with Crippen LogP contribution in [0.15, 0.2) is 43.1 Å².